The summed E-state index contributed by atoms with van der Waals surface area (Å²) in [6.07, 6.45) is 1.69. The Hall–Kier alpha value is -2.82. The Labute approximate surface area is 165 Å². The van der Waals surface area contributed by atoms with Gasteiger partial charge in [-0.1, -0.05) is 6.07 Å². The van der Waals surface area contributed by atoms with E-state index in [2.05, 4.69) is 0 Å². The zero-order valence-corrected chi connectivity index (χ0v) is 16.6. The van der Waals surface area contributed by atoms with E-state index in [4.69, 9.17) is 9.47 Å². The van der Waals surface area contributed by atoms with Crippen LogP contribution in [0.2, 0.25) is 0 Å². The van der Waals surface area contributed by atoms with E-state index in [-0.39, 0.29) is 11.7 Å². The second-order valence-electron chi connectivity index (χ2n) is 7.84. The van der Waals surface area contributed by atoms with E-state index in [1.807, 2.05) is 43.0 Å². The minimum atomic E-state index is -0.503. The predicted octanol–water partition coefficient (Wildman–Crippen LogP) is 3.95. The first kappa shape index (κ1) is 18.5. The van der Waals surface area contributed by atoms with Gasteiger partial charge in [0.15, 0.2) is 5.78 Å². The number of hydrogen-bond donors (Lipinski definition) is 0. The highest BCUT2D eigenvalue weighted by Crippen LogP contribution is 2.40. The molecular formula is C23H25NO4. The van der Waals surface area contributed by atoms with Gasteiger partial charge in [0.2, 0.25) is 0 Å². The van der Waals surface area contributed by atoms with E-state index < -0.39 is 5.60 Å². The van der Waals surface area contributed by atoms with Crippen molar-refractivity contribution in [2.24, 2.45) is 0 Å². The molecule has 1 saturated heterocycles. The number of benzene rings is 2. The highest BCUT2D eigenvalue weighted by atomic mass is 16.5. The van der Waals surface area contributed by atoms with Crippen LogP contribution >= 0.6 is 0 Å². The van der Waals surface area contributed by atoms with Gasteiger partial charge in [-0.05, 0) is 55.3 Å². The molecule has 2 heterocycles. The van der Waals surface area contributed by atoms with Crippen molar-refractivity contribution in [3.8, 4) is 11.5 Å². The fourth-order valence-electron chi connectivity index (χ4n) is 4.08. The fourth-order valence-corrected chi connectivity index (χ4v) is 4.08. The quantitative estimate of drug-likeness (QED) is 0.793. The van der Waals surface area contributed by atoms with E-state index in [0.717, 1.165) is 11.1 Å². The number of fused-ring (bicyclic) bond motifs is 1. The third-order valence-corrected chi connectivity index (χ3v) is 5.98. The number of methoxy groups -OCH3 is 1. The Morgan fingerprint density at radius 3 is 2.54 bits per heavy atom. The molecule has 2 aromatic rings. The summed E-state index contributed by atoms with van der Waals surface area (Å²) < 4.78 is 11.6. The number of carbonyl (C=O) groups excluding carboxylic acids is 2. The first-order valence-corrected chi connectivity index (χ1v) is 9.68. The summed E-state index contributed by atoms with van der Waals surface area (Å²) in [5, 5.41) is 0. The lowest BCUT2D eigenvalue weighted by Crippen LogP contribution is -2.52. The summed E-state index contributed by atoms with van der Waals surface area (Å²) in [4.78, 5) is 27.4. The number of aryl methyl sites for hydroxylation is 2. The van der Waals surface area contributed by atoms with Crippen LogP contribution in [0.5, 0.6) is 11.5 Å². The summed E-state index contributed by atoms with van der Waals surface area (Å²) in [5.74, 6) is 1.48. The molecule has 1 fully saturated rings. The molecule has 0 aliphatic carbocycles. The maximum absolute atomic E-state index is 12.8. The zero-order valence-electron chi connectivity index (χ0n) is 16.6. The van der Waals surface area contributed by atoms with Crippen molar-refractivity contribution < 1.29 is 19.1 Å². The number of amides is 1. The van der Waals surface area contributed by atoms with Gasteiger partial charge in [0.25, 0.3) is 5.91 Å². The maximum atomic E-state index is 12.8. The molecule has 2 aliphatic rings. The Morgan fingerprint density at radius 1 is 1.11 bits per heavy atom. The average molecular weight is 379 g/mol. The van der Waals surface area contributed by atoms with Crippen LogP contribution in [-0.2, 0) is 0 Å². The molecule has 1 amide bonds. The first-order chi connectivity index (χ1) is 13.4. The van der Waals surface area contributed by atoms with Gasteiger partial charge in [0.05, 0.1) is 19.1 Å². The second-order valence-corrected chi connectivity index (χ2v) is 7.84. The number of nitrogens with zero attached hydrogens (tertiary/aromatic N) is 1. The summed E-state index contributed by atoms with van der Waals surface area (Å²) in [6.45, 7) is 5.18. The van der Waals surface area contributed by atoms with Gasteiger partial charge >= 0.3 is 0 Å². The van der Waals surface area contributed by atoms with Crippen LogP contribution < -0.4 is 9.47 Å². The molecule has 5 nitrogen and oxygen atoms in total. The van der Waals surface area contributed by atoms with Crippen molar-refractivity contribution in [1.82, 2.24) is 4.90 Å². The summed E-state index contributed by atoms with van der Waals surface area (Å²) in [6, 6.07) is 11.1. The Morgan fingerprint density at radius 2 is 1.82 bits per heavy atom. The molecule has 146 valence electrons. The van der Waals surface area contributed by atoms with E-state index in [1.165, 1.54) is 0 Å². The SMILES string of the molecule is COc1cccc(C(=O)N2CCC3(CC2)CC(=O)c2cc(C)c(C)cc2O3)c1. The largest absolute Gasteiger partial charge is 0.497 e. The number of likely N-dealkylation sites (tertiary alicyclic amines) is 1. The summed E-state index contributed by atoms with van der Waals surface area (Å²) >= 11 is 0. The Bertz CT molecular complexity index is 942. The molecule has 0 unspecified atom stereocenters. The van der Waals surface area contributed by atoms with E-state index in [0.29, 0.717) is 55.0 Å². The average Bonchev–Trinajstić information content (AvgIpc) is 2.70. The number of rotatable bonds is 2. The number of Topliss-reactive ketones (excluding diaryl/α,β-unsaturated/α-hetero) is 1. The molecule has 0 radical (unpaired) electrons. The van der Waals surface area contributed by atoms with Gasteiger partial charge in [0.1, 0.15) is 17.1 Å². The minimum Gasteiger partial charge on any atom is -0.497 e. The van der Waals surface area contributed by atoms with Crippen LogP contribution in [0, 0.1) is 13.8 Å². The molecule has 0 atom stereocenters. The van der Waals surface area contributed by atoms with Crippen molar-refractivity contribution in [1.29, 1.82) is 0 Å². The van der Waals surface area contributed by atoms with Crippen molar-refractivity contribution in [3.05, 3.63) is 58.7 Å². The lowest BCUT2D eigenvalue weighted by molar-refractivity contribution is -0.00576. The van der Waals surface area contributed by atoms with Crippen LogP contribution in [0.15, 0.2) is 36.4 Å². The van der Waals surface area contributed by atoms with E-state index in [1.54, 1.807) is 19.2 Å². The van der Waals surface area contributed by atoms with E-state index >= 15 is 0 Å². The molecule has 0 aromatic heterocycles. The molecule has 1 spiro atoms. The summed E-state index contributed by atoms with van der Waals surface area (Å²) in [5.41, 5.74) is 3.02. The molecule has 0 bridgehead atoms. The number of ether oxygens (including phenoxy) is 2. The molecule has 5 heteroatoms. The second kappa shape index (κ2) is 6.97. The fraction of sp³-hybridized carbons (Fsp3) is 0.391. The Balaban J connectivity index is 1.50. The van der Waals surface area contributed by atoms with Gasteiger partial charge in [-0.15, -0.1) is 0 Å². The predicted molar refractivity (Wildman–Crippen MR) is 106 cm³/mol. The molecule has 28 heavy (non-hydrogen) atoms. The van der Waals surface area contributed by atoms with Crippen LogP contribution in [0.25, 0.3) is 0 Å². The lowest BCUT2D eigenvalue weighted by atomic mass is 9.81. The van der Waals surface area contributed by atoms with Crippen LogP contribution in [-0.4, -0.2) is 42.4 Å². The Kier molecular flexibility index (Phi) is 4.61. The molecule has 0 N–H and O–H groups in total. The minimum absolute atomic E-state index is 0.0113. The highest BCUT2D eigenvalue weighted by Gasteiger charge is 2.43. The van der Waals surface area contributed by atoms with E-state index in [9.17, 15) is 9.59 Å². The number of carbonyl (C=O) groups is 2. The number of hydrogen-bond acceptors (Lipinski definition) is 4. The topological polar surface area (TPSA) is 55.8 Å². The van der Waals surface area contributed by atoms with Gasteiger partial charge in [-0.2, -0.15) is 0 Å². The smallest absolute Gasteiger partial charge is 0.253 e. The van der Waals surface area contributed by atoms with Crippen molar-refractivity contribution in [2.45, 2.75) is 38.7 Å². The van der Waals surface area contributed by atoms with Crippen LogP contribution in [0.1, 0.15) is 51.1 Å². The third-order valence-electron chi connectivity index (χ3n) is 5.98. The summed E-state index contributed by atoms with van der Waals surface area (Å²) in [7, 11) is 1.59. The van der Waals surface area contributed by atoms with Crippen molar-refractivity contribution in [2.75, 3.05) is 20.2 Å². The van der Waals surface area contributed by atoms with Gasteiger partial charge in [-0.25, -0.2) is 0 Å². The maximum Gasteiger partial charge on any atom is 0.253 e. The molecule has 2 aliphatic heterocycles. The van der Waals surface area contributed by atoms with Gasteiger partial charge in [-0.3, -0.25) is 9.59 Å². The van der Waals surface area contributed by atoms with Crippen LogP contribution in [0.3, 0.4) is 0 Å². The lowest BCUT2D eigenvalue weighted by Gasteiger charge is -2.44. The number of piperidine rings is 1. The van der Waals surface area contributed by atoms with Crippen molar-refractivity contribution >= 4 is 11.7 Å². The molecule has 0 saturated carbocycles. The van der Waals surface area contributed by atoms with Gasteiger partial charge in [0, 0.05) is 31.5 Å². The van der Waals surface area contributed by atoms with Crippen LogP contribution in [0.4, 0.5) is 0 Å². The third kappa shape index (κ3) is 3.26. The van der Waals surface area contributed by atoms with Gasteiger partial charge < -0.3 is 14.4 Å². The number of ketones is 1. The monoisotopic (exact) mass is 379 g/mol. The standard InChI is InChI=1S/C23H25NO4/c1-15-11-19-20(25)14-23(28-21(19)12-16(15)2)7-9-24(10-8-23)22(26)17-5-4-6-18(13-17)27-3/h4-6,11-13H,7-10,14H2,1-3H3. The molecular weight excluding hydrogens is 354 g/mol. The highest BCUT2D eigenvalue weighted by molar-refractivity contribution is 6.00. The zero-order chi connectivity index (χ0) is 19.9. The van der Waals surface area contributed by atoms with Crippen molar-refractivity contribution in [3.63, 3.8) is 0 Å². The molecule has 4 rings (SSSR count). The normalized spacial score (nSPS) is 17.8. The molecule has 2 aromatic carbocycles. The first-order valence-electron chi connectivity index (χ1n) is 9.68.